The molecule has 0 radical (unpaired) electrons. The average molecular weight is 250 g/mol. The highest BCUT2D eigenvalue weighted by Gasteiger charge is 2.59. The molecule has 2 aliphatic heterocycles. The molecule has 2 fully saturated rings. The van der Waals surface area contributed by atoms with Crippen LogP contribution in [0.25, 0.3) is 0 Å². The summed E-state index contributed by atoms with van der Waals surface area (Å²) in [6.07, 6.45) is 6.60. The van der Waals surface area contributed by atoms with E-state index in [1.807, 2.05) is 6.08 Å². The molecule has 1 aliphatic carbocycles. The van der Waals surface area contributed by atoms with Gasteiger partial charge in [0.15, 0.2) is 0 Å². The minimum absolute atomic E-state index is 0.0306. The van der Waals surface area contributed by atoms with Crippen molar-refractivity contribution in [3.8, 4) is 0 Å². The first-order valence-electron chi connectivity index (χ1n) is 7.02. The number of hydrogen-bond donors (Lipinski definition) is 1. The fourth-order valence-corrected chi connectivity index (χ4v) is 4.27. The number of aliphatic hydroxyl groups excluding tert-OH is 1. The minimum Gasteiger partial charge on any atom is -0.453 e. The van der Waals surface area contributed by atoms with Gasteiger partial charge in [-0.05, 0) is 43.4 Å². The second-order valence-electron chi connectivity index (χ2n) is 6.82. The standard InChI is InChI=1S/C15H22O3/c1-14(2)8-12-11(14)6-5-10-4-3-7-15(12,9-16)18-13(10)17/h4,11-12,16H,3,5-9H2,1-2H3/t11-,12+,15-/m0/s1. The fourth-order valence-electron chi connectivity index (χ4n) is 4.27. The lowest BCUT2D eigenvalue weighted by atomic mass is 9.49. The molecule has 0 amide bonds. The molecule has 0 aromatic rings. The third kappa shape index (κ3) is 1.56. The quantitative estimate of drug-likeness (QED) is 0.727. The third-order valence-electron chi connectivity index (χ3n) is 5.42. The lowest BCUT2D eigenvalue weighted by Crippen LogP contribution is -2.59. The summed E-state index contributed by atoms with van der Waals surface area (Å²) < 4.78 is 5.72. The summed E-state index contributed by atoms with van der Waals surface area (Å²) in [5.41, 5.74) is 0.534. The molecular weight excluding hydrogens is 228 g/mol. The fraction of sp³-hybridized carbons (Fsp3) is 0.800. The lowest BCUT2D eigenvalue weighted by molar-refractivity contribution is -0.204. The van der Waals surface area contributed by atoms with Crippen LogP contribution < -0.4 is 0 Å². The third-order valence-corrected chi connectivity index (χ3v) is 5.42. The van der Waals surface area contributed by atoms with E-state index in [4.69, 9.17) is 4.74 Å². The molecule has 0 spiro atoms. The number of fused-ring (bicyclic) bond motifs is 5. The van der Waals surface area contributed by atoms with Crippen molar-refractivity contribution in [3.05, 3.63) is 11.6 Å². The van der Waals surface area contributed by atoms with Gasteiger partial charge in [-0.25, -0.2) is 4.79 Å². The lowest BCUT2D eigenvalue weighted by Gasteiger charge is -2.58. The van der Waals surface area contributed by atoms with Gasteiger partial charge in [0.1, 0.15) is 5.60 Å². The van der Waals surface area contributed by atoms with E-state index in [0.717, 1.165) is 37.7 Å². The summed E-state index contributed by atoms with van der Waals surface area (Å²) in [4.78, 5) is 12.0. The number of aliphatic hydroxyl groups is 1. The van der Waals surface area contributed by atoms with Gasteiger partial charge in [0, 0.05) is 11.5 Å². The van der Waals surface area contributed by atoms with Crippen molar-refractivity contribution < 1.29 is 14.6 Å². The average Bonchev–Trinajstić information content (AvgIpc) is 2.42. The van der Waals surface area contributed by atoms with Crippen molar-refractivity contribution in [1.29, 1.82) is 0 Å². The number of esters is 1. The van der Waals surface area contributed by atoms with Crippen LogP contribution in [0.1, 0.15) is 46.0 Å². The highest BCUT2D eigenvalue weighted by Crippen LogP contribution is 2.60. The molecule has 18 heavy (non-hydrogen) atoms. The van der Waals surface area contributed by atoms with Gasteiger partial charge < -0.3 is 9.84 Å². The van der Waals surface area contributed by atoms with Gasteiger partial charge in [0.25, 0.3) is 0 Å². The van der Waals surface area contributed by atoms with Crippen molar-refractivity contribution in [2.24, 2.45) is 17.3 Å². The van der Waals surface area contributed by atoms with E-state index in [-0.39, 0.29) is 12.6 Å². The molecule has 3 rings (SSSR count). The molecule has 3 nitrogen and oxygen atoms in total. The second kappa shape index (κ2) is 3.83. The highest BCUT2D eigenvalue weighted by molar-refractivity contribution is 5.89. The number of carbonyl (C=O) groups is 1. The predicted octanol–water partition coefficient (Wildman–Crippen LogP) is 2.44. The van der Waals surface area contributed by atoms with Crippen LogP contribution in [-0.2, 0) is 9.53 Å². The summed E-state index contributed by atoms with van der Waals surface area (Å²) in [5, 5.41) is 9.82. The molecule has 0 unspecified atom stereocenters. The summed E-state index contributed by atoms with van der Waals surface area (Å²) in [5.74, 6) is 0.721. The van der Waals surface area contributed by atoms with Gasteiger partial charge in [0.05, 0.1) is 6.61 Å². The van der Waals surface area contributed by atoms with Crippen LogP contribution in [-0.4, -0.2) is 23.3 Å². The topological polar surface area (TPSA) is 46.5 Å². The van der Waals surface area contributed by atoms with Crippen LogP contribution in [0.2, 0.25) is 0 Å². The maximum atomic E-state index is 12.0. The van der Waals surface area contributed by atoms with Gasteiger partial charge in [0.2, 0.25) is 0 Å². The van der Waals surface area contributed by atoms with Crippen molar-refractivity contribution in [2.75, 3.05) is 6.61 Å². The second-order valence-corrected chi connectivity index (χ2v) is 6.82. The zero-order valence-corrected chi connectivity index (χ0v) is 11.2. The Morgan fingerprint density at radius 3 is 2.89 bits per heavy atom. The van der Waals surface area contributed by atoms with Crippen LogP contribution in [0.4, 0.5) is 0 Å². The van der Waals surface area contributed by atoms with E-state index in [9.17, 15) is 9.90 Å². The van der Waals surface area contributed by atoms with Gasteiger partial charge in [-0.1, -0.05) is 19.9 Å². The summed E-state index contributed by atoms with van der Waals surface area (Å²) in [6.45, 7) is 4.55. The first-order chi connectivity index (χ1) is 8.48. The van der Waals surface area contributed by atoms with Crippen LogP contribution in [0, 0.1) is 17.3 Å². The Morgan fingerprint density at radius 2 is 2.22 bits per heavy atom. The van der Waals surface area contributed by atoms with E-state index >= 15 is 0 Å². The Balaban J connectivity index is 1.99. The molecule has 1 saturated heterocycles. The normalized spacial score (nSPS) is 41.7. The first kappa shape index (κ1) is 12.2. The predicted molar refractivity (Wildman–Crippen MR) is 67.8 cm³/mol. The molecule has 100 valence electrons. The number of allylic oxidation sites excluding steroid dienone is 1. The Bertz CT molecular complexity index is 410. The van der Waals surface area contributed by atoms with Gasteiger partial charge in [-0.15, -0.1) is 0 Å². The Kier molecular flexibility index (Phi) is 2.60. The molecule has 2 heterocycles. The van der Waals surface area contributed by atoms with Crippen molar-refractivity contribution in [3.63, 3.8) is 0 Å². The highest BCUT2D eigenvalue weighted by atomic mass is 16.6. The monoisotopic (exact) mass is 250 g/mol. The first-order valence-corrected chi connectivity index (χ1v) is 7.02. The SMILES string of the molecule is CC1(C)C[C@@H]2[C@@H]1CCC1=CCC[C@@]2(CO)OC1=O. The number of carbonyl (C=O) groups excluding carboxylic acids is 1. The van der Waals surface area contributed by atoms with Crippen LogP contribution >= 0.6 is 0 Å². The Hall–Kier alpha value is -0.830. The Morgan fingerprint density at radius 1 is 1.44 bits per heavy atom. The largest absolute Gasteiger partial charge is 0.453 e. The molecule has 1 saturated carbocycles. The van der Waals surface area contributed by atoms with E-state index in [1.54, 1.807) is 0 Å². The molecule has 3 atom stereocenters. The smallest absolute Gasteiger partial charge is 0.334 e. The Labute approximate surface area is 108 Å². The van der Waals surface area contributed by atoms with E-state index in [1.165, 1.54) is 0 Å². The van der Waals surface area contributed by atoms with Gasteiger partial charge in [-0.3, -0.25) is 0 Å². The molecular formula is C15H22O3. The van der Waals surface area contributed by atoms with Crippen LogP contribution in [0.5, 0.6) is 0 Å². The van der Waals surface area contributed by atoms with Gasteiger partial charge >= 0.3 is 5.97 Å². The molecule has 0 aromatic carbocycles. The zero-order chi connectivity index (χ0) is 13.0. The van der Waals surface area contributed by atoms with Crippen molar-refractivity contribution in [2.45, 2.75) is 51.6 Å². The molecule has 1 N–H and O–H groups in total. The number of rotatable bonds is 1. The molecule has 3 aliphatic rings. The zero-order valence-electron chi connectivity index (χ0n) is 11.2. The summed E-state index contributed by atoms with van der Waals surface area (Å²) in [7, 11) is 0. The minimum atomic E-state index is -0.615. The van der Waals surface area contributed by atoms with Crippen molar-refractivity contribution >= 4 is 5.97 Å². The molecule has 0 aromatic heterocycles. The van der Waals surface area contributed by atoms with Gasteiger partial charge in [-0.2, -0.15) is 0 Å². The van der Waals surface area contributed by atoms with E-state index in [0.29, 0.717) is 17.3 Å². The summed E-state index contributed by atoms with van der Waals surface area (Å²) >= 11 is 0. The maximum Gasteiger partial charge on any atom is 0.334 e. The molecule has 3 heteroatoms. The van der Waals surface area contributed by atoms with E-state index < -0.39 is 5.60 Å². The number of ether oxygens (including phenoxy) is 1. The van der Waals surface area contributed by atoms with E-state index in [2.05, 4.69) is 13.8 Å². The number of hydrogen-bond acceptors (Lipinski definition) is 3. The van der Waals surface area contributed by atoms with Crippen molar-refractivity contribution in [1.82, 2.24) is 0 Å². The van der Waals surface area contributed by atoms with Crippen LogP contribution in [0.3, 0.4) is 0 Å². The summed E-state index contributed by atoms with van der Waals surface area (Å²) in [6, 6.07) is 0. The maximum absolute atomic E-state index is 12.0. The van der Waals surface area contributed by atoms with Crippen LogP contribution in [0.15, 0.2) is 11.6 Å². The molecule has 2 bridgehead atoms.